The van der Waals surface area contributed by atoms with Crippen LogP contribution in [0.2, 0.25) is 0 Å². The van der Waals surface area contributed by atoms with Crippen molar-refractivity contribution < 1.29 is 24.2 Å². The predicted molar refractivity (Wildman–Crippen MR) is 127 cm³/mol. The topological polar surface area (TPSA) is 76.1 Å². The lowest BCUT2D eigenvalue weighted by atomic mass is 9.94. The van der Waals surface area contributed by atoms with Gasteiger partial charge in [0.2, 0.25) is 0 Å². The number of aryl methyl sites for hydroxylation is 1. The number of hydrogen-bond acceptors (Lipinski definition) is 5. The molecule has 1 fully saturated rings. The number of aliphatic hydroxyl groups is 1. The summed E-state index contributed by atoms with van der Waals surface area (Å²) < 4.78 is 10.6. The molecule has 1 atom stereocenters. The molecule has 0 bridgehead atoms. The van der Waals surface area contributed by atoms with Gasteiger partial charge in [-0.25, -0.2) is 0 Å². The van der Waals surface area contributed by atoms with Crippen LogP contribution in [0.1, 0.15) is 28.3 Å². The van der Waals surface area contributed by atoms with Gasteiger partial charge < -0.3 is 14.6 Å². The molecule has 1 N–H and O–H groups in total. The number of benzene rings is 3. The van der Waals surface area contributed by atoms with Gasteiger partial charge in [-0.3, -0.25) is 14.5 Å². The zero-order chi connectivity index (χ0) is 23.7. The molecule has 1 amide bonds. The van der Waals surface area contributed by atoms with Gasteiger partial charge in [-0.2, -0.15) is 0 Å². The van der Waals surface area contributed by atoms with E-state index in [1.54, 1.807) is 49.6 Å². The molecule has 168 valence electrons. The molecule has 6 heteroatoms. The SMILES string of the molecule is COc1cccc(/C(O)=C2\C(=O)C(=O)N(c3cccc(C)c3C)C2c2cccc(OC)c2)c1. The van der Waals surface area contributed by atoms with Crippen LogP contribution in [-0.4, -0.2) is 31.0 Å². The van der Waals surface area contributed by atoms with Gasteiger partial charge >= 0.3 is 0 Å². The minimum absolute atomic E-state index is 0.0161. The highest BCUT2D eigenvalue weighted by Gasteiger charge is 2.47. The number of rotatable bonds is 5. The molecule has 3 aromatic rings. The summed E-state index contributed by atoms with van der Waals surface area (Å²) in [5, 5.41) is 11.3. The van der Waals surface area contributed by atoms with E-state index >= 15 is 0 Å². The molecular formula is C27H25NO5. The van der Waals surface area contributed by atoms with Gasteiger partial charge in [-0.1, -0.05) is 36.4 Å². The molecule has 6 nitrogen and oxygen atoms in total. The van der Waals surface area contributed by atoms with E-state index in [9.17, 15) is 14.7 Å². The lowest BCUT2D eigenvalue weighted by molar-refractivity contribution is -0.132. The van der Waals surface area contributed by atoms with E-state index in [-0.39, 0.29) is 11.3 Å². The van der Waals surface area contributed by atoms with Crippen LogP contribution < -0.4 is 14.4 Å². The quantitative estimate of drug-likeness (QED) is 0.343. The third-order valence-electron chi connectivity index (χ3n) is 6.03. The zero-order valence-electron chi connectivity index (χ0n) is 19.0. The summed E-state index contributed by atoms with van der Waals surface area (Å²) in [6, 6.07) is 18.7. The van der Waals surface area contributed by atoms with Gasteiger partial charge in [-0.05, 0) is 60.9 Å². The van der Waals surface area contributed by atoms with Crippen LogP contribution in [0.5, 0.6) is 11.5 Å². The van der Waals surface area contributed by atoms with Gasteiger partial charge in [0, 0.05) is 11.3 Å². The maximum Gasteiger partial charge on any atom is 0.300 e. The number of anilines is 1. The van der Waals surface area contributed by atoms with E-state index in [0.29, 0.717) is 28.3 Å². The van der Waals surface area contributed by atoms with Crippen molar-refractivity contribution in [3.63, 3.8) is 0 Å². The standard InChI is InChI=1S/C27H25NO5/c1-16-8-5-13-22(17(16)2)28-24(18-9-6-11-20(14-18)32-3)23(26(30)27(28)31)25(29)19-10-7-12-21(15-19)33-4/h5-15,24,29H,1-4H3/b25-23+. The van der Waals surface area contributed by atoms with E-state index in [4.69, 9.17) is 9.47 Å². The highest BCUT2D eigenvalue weighted by molar-refractivity contribution is 6.51. The zero-order valence-corrected chi connectivity index (χ0v) is 19.0. The predicted octanol–water partition coefficient (Wildman–Crippen LogP) is 4.95. The summed E-state index contributed by atoms with van der Waals surface area (Å²) >= 11 is 0. The van der Waals surface area contributed by atoms with Gasteiger partial charge in [0.05, 0.1) is 25.8 Å². The molecular weight excluding hydrogens is 418 g/mol. The van der Waals surface area contributed by atoms with Crippen LogP contribution in [0.4, 0.5) is 5.69 Å². The van der Waals surface area contributed by atoms with E-state index in [2.05, 4.69) is 0 Å². The minimum Gasteiger partial charge on any atom is -0.507 e. The number of aliphatic hydroxyl groups excluding tert-OH is 1. The molecule has 3 aromatic carbocycles. The number of carbonyl (C=O) groups excluding carboxylic acids is 2. The van der Waals surface area contributed by atoms with Crippen LogP contribution in [0.15, 0.2) is 72.3 Å². The van der Waals surface area contributed by atoms with Crippen molar-refractivity contribution in [1.29, 1.82) is 0 Å². The Balaban J connectivity index is 1.99. The number of hydrogen-bond donors (Lipinski definition) is 1. The van der Waals surface area contributed by atoms with Crippen molar-refractivity contribution in [2.75, 3.05) is 19.1 Å². The van der Waals surface area contributed by atoms with E-state index in [1.807, 2.05) is 38.1 Å². The maximum atomic E-state index is 13.4. The molecule has 0 saturated carbocycles. The number of ketones is 1. The van der Waals surface area contributed by atoms with Gasteiger partial charge in [-0.15, -0.1) is 0 Å². The number of Topliss-reactive ketones (excluding diaryl/α,β-unsaturated/α-hetero) is 1. The van der Waals surface area contributed by atoms with Crippen molar-refractivity contribution in [3.8, 4) is 11.5 Å². The van der Waals surface area contributed by atoms with Crippen molar-refractivity contribution in [3.05, 3.63) is 94.6 Å². The first-order valence-electron chi connectivity index (χ1n) is 10.5. The Morgan fingerprint density at radius 3 is 2.21 bits per heavy atom. The Morgan fingerprint density at radius 1 is 0.879 bits per heavy atom. The smallest absolute Gasteiger partial charge is 0.300 e. The molecule has 1 saturated heterocycles. The molecule has 1 aliphatic rings. The highest BCUT2D eigenvalue weighted by Crippen LogP contribution is 2.44. The van der Waals surface area contributed by atoms with Crippen molar-refractivity contribution in [1.82, 2.24) is 0 Å². The van der Waals surface area contributed by atoms with E-state index in [0.717, 1.165) is 11.1 Å². The minimum atomic E-state index is -0.827. The summed E-state index contributed by atoms with van der Waals surface area (Å²) in [7, 11) is 3.08. The Morgan fingerprint density at radius 2 is 1.52 bits per heavy atom. The molecule has 0 radical (unpaired) electrons. The molecule has 1 heterocycles. The first-order valence-corrected chi connectivity index (χ1v) is 10.5. The van der Waals surface area contributed by atoms with Crippen LogP contribution in [-0.2, 0) is 9.59 Å². The van der Waals surface area contributed by atoms with Gasteiger partial charge in [0.15, 0.2) is 0 Å². The largest absolute Gasteiger partial charge is 0.507 e. The summed E-state index contributed by atoms with van der Waals surface area (Å²) in [6.07, 6.45) is 0. The van der Waals surface area contributed by atoms with Crippen molar-refractivity contribution >= 4 is 23.1 Å². The maximum absolute atomic E-state index is 13.4. The monoisotopic (exact) mass is 443 g/mol. The Labute approximate surface area is 192 Å². The van der Waals surface area contributed by atoms with Gasteiger partial charge in [0.1, 0.15) is 17.3 Å². The Bertz CT molecular complexity index is 1280. The lowest BCUT2D eigenvalue weighted by Crippen LogP contribution is -2.30. The summed E-state index contributed by atoms with van der Waals surface area (Å²) in [5.41, 5.74) is 3.55. The summed E-state index contributed by atoms with van der Waals surface area (Å²) in [5.74, 6) is -0.584. The van der Waals surface area contributed by atoms with E-state index in [1.165, 1.54) is 12.0 Å². The number of ether oxygens (including phenoxy) is 2. The Hall–Kier alpha value is -4.06. The summed E-state index contributed by atoms with van der Waals surface area (Å²) in [6.45, 7) is 3.86. The third kappa shape index (κ3) is 3.84. The number of amides is 1. The molecule has 33 heavy (non-hydrogen) atoms. The second-order valence-corrected chi connectivity index (χ2v) is 7.90. The molecule has 0 aliphatic carbocycles. The highest BCUT2D eigenvalue weighted by atomic mass is 16.5. The third-order valence-corrected chi connectivity index (χ3v) is 6.03. The van der Waals surface area contributed by atoms with Crippen LogP contribution in [0.3, 0.4) is 0 Å². The second-order valence-electron chi connectivity index (χ2n) is 7.90. The Kier molecular flexibility index (Phi) is 5.92. The van der Waals surface area contributed by atoms with E-state index < -0.39 is 17.7 Å². The first-order chi connectivity index (χ1) is 15.9. The number of nitrogens with zero attached hydrogens (tertiary/aromatic N) is 1. The fourth-order valence-corrected chi connectivity index (χ4v) is 4.13. The first kappa shape index (κ1) is 22.1. The van der Waals surface area contributed by atoms with Crippen molar-refractivity contribution in [2.24, 2.45) is 0 Å². The van der Waals surface area contributed by atoms with Crippen LogP contribution in [0, 0.1) is 13.8 Å². The lowest BCUT2D eigenvalue weighted by Gasteiger charge is -2.27. The average Bonchev–Trinajstić information content (AvgIpc) is 3.10. The van der Waals surface area contributed by atoms with Crippen LogP contribution >= 0.6 is 0 Å². The number of carbonyl (C=O) groups is 2. The number of methoxy groups -OCH3 is 2. The molecule has 0 spiro atoms. The molecule has 1 aliphatic heterocycles. The fraction of sp³-hybridized carbons (Fsp3) is 0.185. The molecule has 4 rings (SSSR count). The van der Waals surface area contributed by atoms with Gasteiger partial charge in [0.25, 0.3) is 11.7 Å². The second kappa shape index (κ2) is 8.82. The summed E-state index contributed by atoms with van der Waals surface area (Å²) in [4.78, 5) is 28.1. The molecule has 1 unspecified atom stereocenters. The molecule has 0 aromatic heterocycles. The normalized spacial score (nSPS) is 17.3. The van der Waals surface area contributed by atoms with Crippen molar-refractivity contribution in [2.45, 2.75) is 19.9 Å². The van der Waals surface area contributed by atoms with Crippen LogP contribution in [0.25, 0.3) is 5.76 Å². The fourth-order valence-electron chi connectivity index (χ4n) is 4.13. The average molecular weight is 443 g/mol.